The normalized spacial score (nSPS) is 13.3. The van der Waals surface area contributed by atoms with Gasteiger partial charge in [-0.2, -0.15) is 0 Å². The summed E-state index contributed by atoms with van der Waals surface area (Å²) in [6.07, 6.45) is -0.670. The van der Waals surface area contributed by atoms with Gasteiger partial charge in [-0.3, -0.25) is 10.1 Å². The first kappa shape index (κ1) is 16.9. The summed E-state index contributed by atoms with van der Waals surface area (Å²) in [7, 11) is 0. The first-order valence-electron chi connectivity index (χ1n) is 7.40. The number of aliphatic hydroxyl groups excluding tert-OH is 1. The zero-order valence-corrected chi connectivity index (χ0v) is 12.9. The summed E-state index contributed by atoms with van der Waals surface area (Å²) < 4.78 is 5.43. The minimum absolute atomic E-state index is 0.0104. The molecule has 0 fully saturated rings. The zero-order valence-electron chi connectivity index (χ0n) is 12.9. The van der Waals surface area contributed by atoms with Gasteiger partial charge in [0.2, 0.25) is 0 Å². The van der Waals surface area contributed by atoms with Gasteiger partial charge in [0.15, 0.2) is 0 Å². The minimum Gasteiger partial charge on any atom is -0.491 e. The van der Waals surface area contributed by atoms with E-state index in [0.717, 1.165) is 5.56 Å². The molecule has 0 bridgehead atoms. The average Bonchev–Trinajstić information content (AvgIpc) is 2.59. The second-order valence-electron chi connectivity index (χ2n) is 5.26. The number of rotatable bonds is 8. The molecule has 122 valence electrons. The lowest BCUT2D eigenvalue weighted by molar-refractivity contribution is -0.384. The van der Waals surface area contributed by atoms with E-state index in [1.54, 1.807) is 0 Å². The molecule has 0 aliphatic heterocycles. The summed E-state index contributed by atoms with van der Waals surface area (Å²) in [6, 6.07) is 15.9. The van der Waals surface area contributed by atoms with Gasteiger partial charge in [0.25, 0.3) is 5.69 Å². The maximum Gasteiger partial charge on any atom is 0.269 e. The first-order chi connectivity index (χ1) is 11.1. The van der Waals surface area contributed by atoms with Gasteiger partial charge in [-0.05, 0) is 24.6 Å². The molecule has 0 aromatic heterocycles. The summed E-state index contributed by atoms with van der Waals surface area (Å²) in [5.74, 6) is 0.491. The Hall–Kier alpha value is -2.44. The number of nitrogens with one attached hydrogen (secondary N) is 1. The lowest BCUT2D eigenvalue weighted by Gasteiger charge is -2.18. The highest BCUT2D eigenvalue weighted by Crippen LogP contribution is 2.17. The van der Waals surface area contributed by atoms with Crippen LogP contribution in [0.5, 0.6) is 5.75 Å². The first-order valence-corrected chi connectivity index (χ1v) is 7.40. The fourth-order valence-corrected chi connectivity index (χ4v) is 2.09. The van der Waals surface area contributed by atoms with E-state index in [9.17, 15) is 15.2 Å². The molecular formula is C17H20N2O4. The Balaban J connectivity index is 1.74. The molecule has 2 aromatic rings. The van der Waals surface area contributed by atoms with Crippen molar-refractivity contribution in [3.63, 3.8) is 0 Å². The summed E-state index contributed by atoms with van der Waals surface area (Å²) in [5.41, 5.74) is 1.16. The van der Waals surface area contributed by atoms with Crippen molar-refractivity contribution in [2.45, 2.75) is 19.1 Å². The number of aliphatic hydroxyl groups is 1. The molecule has 2 N–H and O–H groups in total. The fraction of sp³-hybridized carbons (Fsp3) is 0.294. The Bertz CT molecular complexity index is 616. The summed E-state index contributed by atoms with van der Waals surface area (Å²) in [6.45, 7) is 2.54. The summed E-state index contributed by atoms with van der Waals surface area (Å²) >= 11 is 0. The van der Waals surface area contributed by atoms with Gasteiger partial charge < -0.3 is 15.2 Å². The molecule has 0 saturated carbocycles. The Kier molecular flexibility index (Phi) is 6.08. The highest BCUT2D eigenvalue weighted by molar-refractivity contribution is 5.35. The zero-order chi connectivity index (χ0) is 16.7. The van der Waals surface area contributed by atoms with Crippen molar-refractivity contribution in [2.24, 2.45) is 0 Å². The smallest absolute Gasteiger partial charge is 0.269 e. The molecule has 2 rings (SSSR count). The van der Waals surface area contributed by atoms with Crippen molar-refractivity contribution >= 4 is 5.69 Å². The Labute approximate surface area is 134 Å². The van der Waals surface area contributed by atoms with Crippen LogP contribution >= 0.6 is 0 Å². The number of benzene rings is 2. The molecule has 6 heteroatoms. The molecule has 0 spiro atoms. The molecule has 23 heavy (non-hydrogen) atoms. The molecule has 0 heterocycles. The van der Waals surface area contributed by atoms with Gasteiger partial charge in [0.05, 0.1) is 4.92 Å². The van der Waals surface area contributed by atoms with Gasteiger partial charge in [-0.15, -0.1) is 0 Å². The second-order valence-corrected chi connectivity index (χ2v) is 5.26. The van der Waals surface area contributed by atoms with Crippen LogP contribution in [0, 0.1) is 10.1 Å². The number of ether oxygens (including phenoxy) is 1. The highest BCUT2D eigenvalue weighted by Gasteiger charge is 2.10. The average molecular weight is 316 g/mol. The third-order valence-corrected chi connectivity index (χ3v) is 3.45. The summed E-state index contributed by atoms with van der Waals surface area (Å²) in [5, 5.41) is 23.8. The predicted molar refractivity (Wildman–Crippen MR) is 87.5 cm³/mol. The minimum atomic E-state index is -0.670. The van der Waals surface area contributed by atoms with Crippen LogP contribution < -0.4 is 10.1 Å². The number of nitrogens with zero attached hydrogens (tertiary/aromatic N) is 1. The van der Waals surface area contributed by atoms with Gasteiger partial charge in [-0.25, -0.2) is 0 Å². The lowest BCUT2D eigenvalue weighted by atomic mass is 10.1. The lowest BCUT2D eigenvalue weighted by Crippen LogP contribution is -2.33. The van der Waals surface area contributed by atoms with Crippen LogP contribution in [0.3, 0.4) is 0 Å². The third-order valence-electron chi connectivity index (χ3n) is 3.45. The van der Waals surface area contributed by atoms with Gasteiger partial charge in [0.1, 0.15) is 18.5 Å². The molecule has 6 nitrogen and oxygen atoms in total. The standard InChI is InChI=1S/C17H20N2O4/c1-13(14-5-3-2-4-6-14)18-11-16(20)12-23-17-9-7-15(8-10-17)19(21)22/h2-10,13,16,18,20H,11-12H2,1H3/t13-,16+/m1/s1. The van der Waals surface area contributed by atoms with Crippen LogP contribution in [-0.2, 0) is 0 Å². The maximum atomic E-state index is 10.6. The molecule has 0 amide bonds. The van der Waals surface area contributed by atoms with E-state index in [0.29, 0.717) is 12.3 Å². The van der Waals surface area contributed by atoms with Crippen molar-refractivity contribution in [2.75, 3.05) is 13.2 Å². The number of hydrogen-bond acceptors (Lipinski definition) is 5. The maximum absolute atomic E-state index is 10.6. The molecule has 2 aromatic carbocycles. The van der Waals surface area contributed by atoms with Gasteiger partial charge >= 0.3 is 0 Å². The molecule has 0 aliphatic rings. The highest BCUT2D eigenvalue weighted by atomic mass is 16.6. The predicted octanol–water partition coefficient (Wildman–Crippen LogP) is 2.69. The molecule has 0 saturated heterocycles. The largest absolute Gasteiger partial charge is 0.491 e. The second kappa shape index (κ2) is 8.26. The Morgan fingerprint density at radius 3 is 2.43 bits per heavy atom. The van der Waals surface area contributed by atoms with E-state index in [-0.39, 0.29) is 18.3 Å². The molecule has 0 unspecified atom stereocenters. The number of non-ortho nitro benzene ring substituents is 1. The van der Waals surface area contributed by atoms with Crippen LogP contribution in [0.15, 0.2) is 54.6 Å². The van der Waals surface area contributed by atoms with Gasteiger partial charge in [0, 0.05) is 24.7 Å². The molecule has 0 radical (unpaired) electrons. The van der Waals surface area contributed by atoms with E-state index < -0.39 is 11.0 Å². The topological polar surface area (TPSA) is 84.6 Å². The quantitative estimate of drug-likeness (QED) is 0.578. The van der Waals surface area contributed by atoms with Crippen molar-refractivity contribution in [1.82, 2.24) is 5.32 Å². The Morgan fingerprint density at radius 2 is 1.83 bits per heavy atom. The van der Waals surface area contributed by atoms with E-state index in [4.69, 9.17) is 4.74 Å². The van der Waals surface area contributed by atoms with Gasteiger partial charge in [-0.1, -0.05) is 30.3 Å². The van der Waals surface area contributed by atoms with Crippen LogP contribution in [0.4, 0.5) is 5.69 Å². The van der Waals surface area contributed by atoms with Crippen LogP contribution in [0.2, 0.25) is 0 Å². The number of hydrogen-bond donors (Lipinski definition) is 2. The molecule has 2 atom stereocenters. The van der Waals surface area contributed by atoms with Crippen molar-refractivity contribution in [1.29, 1.82) is 0 Å². The molecular weight excluding hydrogens is 296 g/mol. The van der Waals surface area contributed by atoms with Crippen molar-refractivity contribution in [3.8, 4) is 5.75 Å². The third kappa shape index (κ3) is 5.36. The van der Waals surface area contributed by atoms with Crippen LogP contribution in [0.25, 0.3) is 0 Å². The number of nitro benzene ring substituents is 1. The molecule has 0 aliphatic carbocycles. The fourth-order valence-electron chi connectivity index (χ4n) is 2.09. The van der Waals surface area contributed by atoms with Crippen molar-refractivity contribution < 1.29 is 14.8 Å². The van der Waals surface area contributed by atoms with E-state index in [2.05, 4.69) is 5.32 Å². The van der Waals surface area contributed by atoms with Crippen LogP contribution in [-0.4, -0.2) is 29.3 Å². The van der Waals surface area contributed by atoms with Crippen molar-refractivity contribution in [3.05, 3.63) is 70.3 Å². The Morgan fingerprint density at radius 1 is 1.17 bits per heavy atom. The van der Waals surface area contributed by atoms with E-state index in [1.807, 2.05) is 37.3 Å². The van der Waals surface area contributed by atoms with E-state index in [1.165, 1.54) is 24.3 Å². The van der Waals surface area contributed by atoms with Crippen LogP contribution in [0.1, 0.15) is 18.5 Å². The monoisotopic (exact) mass is 316 g/mol. The van der Waals surface area contributed by atoms with E-state index >= 15 is 0 Å². The SMILES string of the molecule is C[C@@H](NC[C@H](O)COc1ccc([N+](=O)[O-])cc1)c1ccccc1. The number of nitro groups is 1. The summed E-state index contributed by atoms with van der Waals surface area (Å²) in [4.78, 5) is 10.1.